The number of amides is 1. The van der Waals surface area contributed by atoms with Gasteiger partial charge in [0.05, 0.1) is 5.52 Å². The van der Waals surface area contributed by atoms with Crippen LogP contribution in [0.2, 0.25) is 0 Å². The summed E-state index contributed by atoms with van der Waals surface area (Å²) < 4.78 is 0. The fourth-order valence-corrected chi connectivity index (χ4v) is 2.16. The number of nitrogens with zero attached hydrogens (tertiary/aromatic N) is 2. The Morgan fingerprint density at radius 1 is 1.10 bits per heavy atom. The van der Waals surface area contributed by atoms with Crippen LogP contribution in [-0.2, 0) is 4.79 Å². The number of para-hydroxylation sites is 1. The molecule has 6 heteroatoms. The number of nitrogen functional groups attached to an aromatic ring is 1. The maximum absolute atomic E-state index is 10.6. The van der Waals surface area contributed by atoms with Crippen LogP contribution in [0.3, 0.4) is 0 Å². The van der Waals surface area contributed by atoms with Gasteiger partial charge in [-0.25, -0.2) is 4.98 Å². The standard InChI is InChI=1S/C15H21N5O/c16-13(21)9-3-1-2-6-10-18-15-19-12-8-5-4-7-11(12)14(17)20-15/h4-5,7-8H,1-3,6,9-10H2,(H2,16,21)(H3,17,18,19,20). The van der Waals surface area contributed by atoms with Gasteiger partial charge in [-0.1, -0.05) is 25.0 Å². The molecule has 2 aromatic rings. The van der Waals surface area contributed by atoms with E-state index in [1.54, 1.807) is 0 Å². The average molecular weight is 287 g/mol. The summed E-state index contributed by atoms with van der Waals surface area (Å²) in [5.41, 5.74) is 11.9. The summed E-state index contributed by atoms with van der Waals surface area (Å²) in [5, 5.41) is 4.05. The van der Waals surface area contributed by atoms with Crippen LogP contribution in [0.4, 0.5) is 11.8 Å². The summed E-state index contributed by atoms with van der Waals surface area (Å²) in [4.78, 5) is 19.3. The van der Waals surface area contributed by atoms with E-state index in [2.05, 4.69) is 15.3 Å². The minimum atomic E-state index is -0.229. The Balaban J connectivity index is 1.77. The molecule has 5 N–H and O–H groups in total. The summed E-state index contributed by atoms with van der Waals surface area (Å²) in [6, 6.07) is 7.67. The maximum atomic E-state index is 10.6. The largest absolute Gasteiger partial charge is 0.383 e. The van der Waals surface area contributed by atoms with Crippen molar-refractivity contribution in [2.24, 2.45) is 5.73 Å². The zero-order valence-corrected chi connectivity index (χ0v) is 12.0. The van der Waals surface area contributed by atoms with Crippen molar-refractivity contribution in [1.82, 2.24) is 9.97 Å². The summed E-state index contributed by atoms with van der Waals surface area (Å²) in [7, 11) is 0. The summed E-state index contributed by atoms with van der Waals surface area (Å²) in [5.74, 6) is 0.820. The lowest BCUT2D eigenvalue weighted by molar-refractivity contribution is -0.118. The van der Waals surface area contributed by atoms with E-state index in [0.717, 1.165) is 43.1 Å². The van der Waals surface area contributed by atoms with Crippen LogP contribution in [0.15, 0.2) is 24.3 Å². The van der Waals surface area contributed by atoms with Gasteiger partial charge in [0.15, 0.2) is 0 Å². The average Bonchev–Trinajstić information content (AvgIpc) is 2.46. The van der Waals surface area contributed by atoms with Crippen LogP contribution in [0, 0.1) is 0 Å². The van der Waals surface area contributed by atoms with Gasteiger partial charge in [0.25, 0.3) is 0 Å². The van der Waals surface area contributed by atoms with Crippen LogP contribution in [-0.4, -0.2) is 22.4 Å². The SMILES string of the molecule is NC(=O)CCCCCCNc1nc(N)c2ccccc2n1. The van der Waals surface area contributed by atoms with Crippen molar-refractivity contribution < 1.29 is 4.79 Å². The number of fused-ring (bicyclic) bond motifs is 1. The Hall–Kier alpha value is -2.37. The topological polar surface area (TPSA) is 107 Å². The first-order valence-corrected chi connectivity index (χ1v) is 7.21. The molecule has 0 unspecified atom stereocenters. The lowest BCUT2D eigenvalue weighted by Crippen LogP contribution is -2.10. The molecule has 1 aromatic carbocycles. The van der Waals surface area contributed by atoms with E-state index in [1.807, 2.05) is 24.3 Å². The Morgan fingerprint density at radius 3 is 2.67 bits per heavy atom. The molecule has 6 nitrogen and oxygen atoms in total. The summed E-state index contributed by atoms with van der Waals surface area (Å²) in [6.45, 7) is 0.786. The van der Waals surface area contributed by atoms with Crippen molar-refractivity contribution in [3.63, 3.8) is 0 Å². The molecule has 0 bridgehead atoms. The van der Waals surface area contributed by atoms with Gasteiger partial charge in [-0.05, 0) is 25.0 Å². The summed E-state index contributed by atoms with van der Waals surface area (Å²) in [6.07, 6.45) is 4.37. The van der Waals surface area contributed by atoms with E-state index in [9.17, 15) is 4.79 Å². The van der Waals surface area contributed by atoms with Gasteiger partial charge in [-0.2, -0.15) is 4.98 Å². The fraction of sp³-hybridized carbons (Fsp3) is 0.400. The third-order valence-electron chi connectivity index (χ3n) is 3.27. The molecule has 0 aliphatic rings. The second-order valence-corrected chi connectivity index (χ2v) is 5.01. The van der Waals surface area contributed by atoms with Gasteiger partial charge in [-0.3, -0.25) is 4.79 Å². The van der Waals surface area contributed by atoms with Crippen molar-refractivity contribution in [1.29, 1.82) is 0 Å². The molecule has 0 fully saturated rings. The molecular weight excluding hydrogens is 266 g/mol. The van der Waals surface area contributed by atoms with E-state index < -0.39 is 0 Å². The van der Waals surface area contributed by atoms with Crippen LogP contribution in [0.1, 0.15) is 32.1 Å². The number of anilines is 2. The maximum Gasteiger partial charge on any atom is 0.225 e. The second-order valence-electron chi connectivity index (χ2n) is 5.01. The molecule has 0 spiro atoms. The monoisotopic (exact) mass is 287 g/mol. The molecule has 1 amide bonds. The lowest BCUT2D eigenvalue weighted by Gasteiger charge is -2.07. The molecule has 0 atom stereocenters. The smallest absolute Gasteiger partial charge is 0.225 e. The molecule has 0 radical (unpaired) electrons. The number of nitrogens with one attached hydrogen (secondary N) is 1. The Labute approximate surface area is 123 Å². The summed E-state index contributed by atoms with van der Waals surface area (Å²) >= 11 is 0. The molecule has 112 valence electrons. The van der Waals surface area contributed by atoms with E-state index in [4.69, 9.17) is 11.5 Å². The number of primary amides is 1. The van der Waals surface area contributed by atoms with Gasteiger partial charge in [0.2, 0.25) is 11.9 Å². The number of unbranched alkanes of at least 4 members (excludes halogenated alkanes) is 3. The molecule has 21 heavy (non-hydrogen) atoms. The zero-order valence-electron chi connectivity index (χ0n) is 12.0. The highest BCUT2D eigenvalue weighted by atomic mass is 16.1. The van der Waals surface area contributed by atoms with Gasteiger partial charge < -0.3 is 16.8 Å². The first kappa shape index (κ1) is 15.0. The van der Waals surface area contributed by atoms with Crippen molar-refractivity contribution in [2.75, 3.05) is 17.6 Å². The quantitative estimate of drug-likeness (QED) is 0.644. The molecule has 0 saturated carbocycles. The van der Waals surface area contributed by atoms with Crippen LogP contribution >= 0.6 is 0 Å². The van der Waals surface area contributed by atoms with Gasteiger partial charge in [-0.15, -0.1) is 0 Å². The minimum Gasteiger partial charge on any atom is -0.383 e. The first-order valence-electron chi connectivity index (χ1n) is 7.21. The highest BCUT2D eigenvalue weighted by Gasteiger charge is 2.03. The Morgan fingerprint density at radius 2 is 1.86 bits per heavy atom. The number of benzene rings is 1. The lowest BCUT2D eigenvalue weighted by atomic mass is 10.1. The highest BCUT2D eigenvalue weighted by Crippen LogP contribution is 2.18. The van der Waals surface area contributed by atoms with Crippen molar-refractivity contribution in [2.45, 2.75) is 32.1 Å². The molecule has 1 heterocycles. The normalized spacial score (nSPS) is 10.7. The molecule has 0 aliphatic carbocycles. The Bertz CT molecular complexity index is 614. The van der Waals surface area contributed by atoms with Crippen LogP contribution < -0.4 is 16.8 Å². The molecule has 2 rings (SSSR count). The fourth-order valence-electron chi connectivity index (χ4n) is 2.16. The van der Waals surface area contributed by atoms with E-state index in [1.165, 1.54) is 0 Å². The molecular formula is C15H21N5O. The van der Waals surface area contributed by atoms with Gasteiger partial charge in [0.1, 0.15) is 5.82 Å². The molecule has 0 saturated heterocycles. The predicted octanol–water partition coefficient (Wildman–Crippen LogP) is 2.06. The number of nitrogens with two attached hydrogens (primary N) is 2. The third-order valence-corrected chi connectivity index (χ3v) is 3.27. The number of rotatable bonds is 8. The van der Waals surface area contributed by atoms with E-state index in [-0.39, 0.29) is 5.91 Å². The van der Waals surface area contributed by atoms with Crippen LogP contribution in [0.25, 0.3) is 10.9 Å². The van der Waals surface area contributed by atoms with Gasteiger partial charge in [0, 0.05) is 18.4 Å². The van der Waals surface area contributed by atoms with Crippen molar-refractivity contribution in [3.05, 3.63) is 24.3 Å². The number of aromatic nitrogens is 2. The Kier molecular flexibility index (Phi) is 5.31. The minimum absolute atomic E-state index is 0.229. The molecule has 1 aromatic heterocycles. The zero-order chi connectivity index (χ0) is 15.1. The van der Waals surface area contributed by atoms with E-state index in [0.29, 0.717) is 18.2 Å². The number of carbonyl (C=O) groups is 1. The second kappa shape index (κ2) is 7.42. The number of hydrogen-bond donors (Lipinski definition) is 3. The number of hydrogen-bond acceptors (Lipinski definition) is 5. The van der Waals surface area contributed by atoms with E-state index >= 15 is 0 Å². The van der Waals surface area contributed by atoms with Crippen LogP contribution in [0.5, 0.6) is 0 Å². The molecule has 0 aliphatic heterocycles. The third kappa shape index (κ3) is 4.59. The predicted molar refractivity (Wildman–Crippen MR) is 84.7 cm³/mol. The van der Waals surface area contributed by atoms with Crippen molar-refractivity contribution >= 4 is 28.6 Å². The number of carbonyl (C=O) groups excluding carboxylic acids is 1. The highest BCUT2D eigenvalue weighted by molar-refractivity contribution is 5.88. The van der Waals surface area contributed by atoms with Crippen molar-refractivity contribution in [3.8, 4) is 0 Å². The van der Waals surface area contributed by atoms with Gasteiger partial charge >= 0.3 is 0 Å². The first-order chi connectivity index (χ1) is 10.2.